The van der Waals surface area contributed by atoms with Gasteiger partial charge in [-0.15, -0.1) is 0 Å². The Morgan fingerprint density at radius 3 is 2.74 bits per heavy atom. The number of rotatable bonds is 6. The van der Waals surface area contributed by atoms with Crippen molar-refractivity contribution in [3.05, 3.63) is 6.20 Å². The average molecular weight is 264 g/mol. The summed E-state index contributed by atoms with van der Waals surface area (Å²) in [6.45, 7) is 4.83. The van der Waals surface area contributed by atoms with Gasteiger partial charge in [0, 0.05) is 12.6 Å². The zero-order valence-corrected chi connectivity index (χ0v) is 11.3. The van der Waals surface area contributed by atoms with Crippen LogP contribution in [0.5, 0.6) is 0 Å². The summed E-state index contributed by atoms with van der Waals surface area (Å²) in [4.78, 5) is 10.5. The molecule has 0 saturated heterocycles. The van der Waals surface area contributed by atoms with Crippen molar-refractivity contribution >= 4 is 22.8 Å². The molecule has 0 aliphatic heterocycles. The summed E-state index contributed by atoms with van der Waals surface area (Å²) >= 11 is 0. The van der Waals surface area contributed by atoms with Crippen LogP contribution < -0.4 is 10.6 Å². The van der Waals surface area contributed by atoms with Crippen LogP contribution in [0.25, 0.3) is 11.0 Å². The van der Waals surface area contributed by atoms with Crippen LogP contribution in [0.1, 0.15) is 26.7 Å². The van der Waals surface area contributed by atoms with Gasteiger partial charge in [0.25, 0.3) is 0 Å². The smallest absolute Gasteiger partial charge is 0.224 e. The van der Waals surface area contributed by atoms with Crippen molar-refractivity contribution < 1.29 is 5.11 Å². The third kappa shape index (κ3) is 2.60. The van der Waals surface area contributed by atoms with Crippen molar-refractivity contribution in [3.63, 3.8) is 0 Å². The fourth-order valence-electron chi connectivity index (χ4n) is 2.35. The van der Waals surface area contributed by atoms with E-state index in [1.165, 1.54) is 0 Å². The van der Waals surface area contributed by atoms with Gasteiger partial charge >= 0.3 is 0 Å². The van der Waals surface area contributed by atoms with E-state index in [-0.39, 0.29) is 12.6 Å². The van der Waals surface area contributed by atoms with Crippen molar-refractivity contribution in [1.29, 1.82) is 0 Å². The van der Waals surface area contributed by atoms with Crippen LogP contribution in [0, 0.1) is 0 Å². The SMILES string of the molecule is CCC(CC)N(CCO)c1nc(N)nc2[nH]ncc12. The maximum atomic E-state index is 9.29. The van der Waals surface area contributed by atoms with Gasteiger partial charge in [-0.05, 0) is 12.8 Å². The maximum Gasteiger partial charge on any atom is 0.224 e. The fourth-order valence-corrected chi connectivity index (χ4v) is 2.35. The molecule has 104 valence electrons. The summed E-state index contributed by atoms with van der Waals surface area (Å²) in [5.74, 6) is 0.944. The number of aromatic nitrogens is 4. The number of aliphatic hydroxyl groups excluding tert-OH is 1. The lowest BCUT2D eigenvalue weighted by molar-refractivity contribution is 0.295. The minimum atomic E-state index is 0.0692. The number of nitrogens with two attached hydrogens (primary N) is 1. The van der Waals surface area contributed by atoms with E-state index in [1.807, 2.05) is 0 Å². The van der Waals surface area contributed by atoms with E-state index in [0.29, 0.717) is 18.2 Å². The molecule has 2 aromatic heterocycles. The molecule has 0 saturated carbocycles. The van der Waals surface area contributed by atoms with E-state index in [2.05, 4.69) is 38.9 Å². The fraction of sp³-hybridized carbons (Fsp3) is 0.583. The molecule has 7 heteroatoms. The summed E-state index contributed by atoms with van der Waals surface area (Å²) in [7, 11) is 0. The highest BCUT2D eigenvalue weighted by Gasteiger charge is 2.20. The van der Waals surface area contributed by atoms with Gasteiger partial charge in [-0.1, -0.05) is 13.8 Å². The maximum absolute atomic E-state index is 9.29. The molecule has 0 fully saturated rings. The van der Waals surface area contributed by atoms with Gasteiger partial charge in [0.15, 0.2) is 5.65 Å². The number of nitrogen functional groups attached to an aromatic ring is 1. The number of anilines is 2. The second-order valence-corrected chi connectivity index (χ2v) is 4.43. The Balaban J connectivity index is 2.51. The lowest BCUT2D eigenvalue weighted by Crippen LogP contribution is -2.37. The molecule has 2 aromatic rings. The molecule has 0 unspecified atom stereocenters. The molecule has 0 amide bonds. The third-order valence-corrected chi connectivity index (χ3v) is 3.30. The first-order chi connectivity index (χ1) is 9.21. The predicted octanol–water partition coefficient (Wildman–Crippen LogP) is 0.922. The van der Waals surface area contributed by atoms with Crippen LogP contribution in [0.3, 0.4) is 0 Å². The van der Waals surface area contributed by atoms with Crippen LogP contribution in [-0.2, 0) is 0 Å². The first kappa shape index (κ1) is 13.5. The highest BCUT2D eigenvalue weighted by Crippen LogP contribution is 2.26. The zero-order chi connectivity index (χ0) is 13.8. The predicted molar refractivity (Wildman–Crippen MR) is 74.9 cm³/mol. The van der Waals surface area contributed by atoms with Crippen LogP contribution in [0.4, 0.5) is 11.8 Å². The van der Waals surface area contributed by atoms with E-state index < -0.39 is 0 Å². The third-order valence-electron chi connectivity index (χ3n) is 3.30. The largest absolute Gasteiger partial charge is 0.395 e. The molecule has 0 aliphatic carbocycles. The minimum Gasteiger partial charge on any atom is -0.395 e. The molecule has 0 aliphatic rings. The average Bonchev–Trinajstić information content (AvgIpc) is 2.86. The van der Waals surface area contributed by atoms with Crippen molar-refractivity contribution in [2.45, 2.75) is 32.7 Å². The van der Waals surface area contributed by atoms with Gasteiger partial charge in [-0.25, -0.2) is 0 Å². The molecule has 0 spiro atoms. The number of nitrogens with one attached hydrogen (secondary N) is 1. The Morgan fingerprint density at radius 2 is 2.11 bits per heavy atom. The van der Waals surface area contributed by atoms with Gasteiger partial charge in [0.05, 0.1) is 18.2 Å². The first-order valence-corrected chi connectivity index (χ1v) is 6.55. The summed E-state index contributed by atoms with van der Waals surface area (Å²) in [6, 6.07) is 0.305. The topological polar surface area (TPSA) is 104 Å². The number of nitrogens with zero attached hydrogens (tertiary/aromatic N) is 4. The highest BCUT2D eigenvalue weighted by molar-refractivity contribution is 5.87. The van der Waals surface area contributed by atoms with Gasteiger partial charge in [0.2, 0.25) is 5.95 Å². The summed E-state index contributed by atoms with van der Waals surface area (Å²) in [6.07, 6.45) is 3.64. The van der Waals surface area contributed by atoms with E-state index in [1.54, 1.807) is 6.20 Å². The number of fused-ring (bicyclic) bond motifs is 1. The van der Waals surface area contributed by atoms with Crippen molar-refractivity contribution in [3.8, 4) is 0 Å². The Morgan fingerprint density at radius 1 is 1.37 bits per heavy atom. The molecule has 2 rings (SSSR count). The van der Waals surface area contributed by atoms with Gasteiger partial charge in [-0.2, -0.15) is 15.1 Å². The molecule has 0 aromatic carbocycles. The number of hydrogen-bond donors (Lipinski definition) is 3. The van der Waals surface area contributed by atoms with E-state index in [9.17, 15) is 5.11 Å². The van der Waals surface area contributed by atoms with Crippen molar-refractivity contribution in [2.75, 3.05) is 23.8 Å². The molecule has 2 heterocycles. The molecule has 0 bridgehead atoms. The summed E-state index contributed by atoms with van der Waals surface area (Å²) in [5.41, 5.74) is 6.36. The normalized spacial score (nSPS) is 11.4. The quantitative estimate of drug-likeness (QED) is 0.716. The van der Waals surface area contributed by atoms with E-state index in [4.69, 9.17) is 5.73 Å². The lowest BCUT2D eigenvalue weighted by Gasteiger charge is -2.31. The second-order valence-electron chi connectivity index (χ2n) is 4.43. The van der Waals surface area contributed by atoms with Gasteiger partial charge in [-0.3, -0.25) is 5.10 Å². The summed E-state index contributed by atoms with van der Waals surface area (Å²) in [5, 5.41) is 16.9. The lowest BCUT2D eigenvalue weighted by atomic mass is 10.1. The van der Waals surface area contributed by atoms with E-state index in [0.717, 1.165) is 24.0 Å². The number of aliphatic hydroxyl groups is 1. The van der Waals surface area contributed by atoms with E-state index >= 15 is 0 Å². The van der Waals surface area contributed by atoms with Crippen LogP contribution in [0.2, 0.25) is 0 Å². The van der Waals surface area contributed by atoms with Crippen molar-refractivity contribution in [2.24, 2.45) is 0 Å². The Labute approximate surface area is 111 Å². The molecule has 0 atom stereocenters. The zero-order valence-electron chi connectivity index (χ0n) is 11.3. The van der Waals surface area contributed by atoms with Crippen LogP contribution in [0.15, 0.2) is 6.20 Å². The molecule has 19 heavy (non-hydrogen) atoms. The molecule has 4 N–H and O–H groups in total. The highest BCUT2D eigenvalue weighted by atomic mass is 16.3. The second kappa shape index (κ2) is 5.83. The standard InChI is InChI=1S/C12H20N6O/c1-3-8(4-2)18(5-6-19)11-9-7-14-17-10(9)15-12(13)16-11/h7-8,19H,3-6H2,1-2H3,(H3,13,14,15,16,17). The molecule has 7 nitrogen and oxygen atoms in total. The number of hydrogen-bond acceptors (Lipinski definition) is 6. The Hall–Kier alpha value is -1.89. The molecular formula is C12H20N6O. The van der Waals surface area contributed by atoms with Gasteiger partial charge < -0.3 is 15.7 Å². The number of H-pyrrole nitrogens is 1. The number of aromatic amines is 1. The monoisotopic (exact) mass is 264 g/mol. The van der Waals surface area contributed by atoms with Crippen molar-refractivity contribution in [1.82, 2.24) is 20.2 Å². The molecular weight excluding hydrogens is 244 g/mol. The molecule has 0 radical (unpaired) electrons. The summed E-state index contributed by atoms with van der Waals surface area (Å²) < 4.78 is 0. The van der Waals surface area contributed by atoms with Crippen LogP contribution >= 0.6 is 0 Å². The Kier molecular flexibility index (Phi) is 4.16. The van der Waals surface area contributed by atoms with Crippen LogP contribution in [-0.4, -0.2) is 44.5 Å². The van der Waals surface area contributed by atoms with Gasteiger partial charge in [0.1, 0.15) is 5.82 Å². The Bertz CT molecular complexity index is 536. The first-order valence-electron chi connectivity index (χ1n) is 6.55. The minimum absolute atomic E-state index is 0.0692.